The Morgan fingerprint density at radius 3 is 2.28 bits per heavy atom. The van der Waals surface area contributed by atoms with Crippen molar-refractivity contribution in [3.63, 3.8) is 0 Å². The molecule has 1 nitrogen and oxygen atoms in total. The average molecular weight is 324 g/mol. The van der Waals surface area contributed by atoms with Crippen molar-refractivity contribution in [3.05, 3.63) is 55.2 Å². The summed E-state index contributed by atoms with van der Waals surface area (Å²) >= 11 is 5.20. The fourth-order valence-electron chi connectivity index (χ4n) is 2.38. The molecule has 0 spiro atoms. The van der Waals surface area contributed by atoms with Gasteiger partial charge in [-0.15, -0.1) is 11.3 Å². The normalized spacial score (nSPS) is 12.7. The van der Waals surface area contributed by atoms with E-state index in [9.17, 15) is 0 Å². The summed E-state index contributed by atoms with van der Waals surface area (Å²) in [5.74, 6) is 0. The minimum atomic E-state index is 0.0846. The van der Waals surface area contributed by atoms with Crippen LogP contribution in [0.5, 0.6) is 0 Å². The van der Waals surface area contributed by atoms with E-state index in [0.29, 0.717) is 0 Å². The third-order valence-electron chi connectivity index (χ3n) is 3.22. The lowest BCUT2D eigenvalue weighted by Gasteiger charge is -2.15. The number of rotatable bonds is 3. The zero-order chi connectivity index (χ0) is 13.3. The molecule has 1 aromatic carbocycles. The van der Waals surface area contributed by atoms with E-state index in [2.05, 4.69) is 60.3 Å². The Labute approximate surface area is 121 Å². The van der Waals surface area contributed by atoms with E-state index in [4.69, 9.17) is 5.73 Å². The average Bonchev–Trinajstić information content (AvgIpc) is 2.70. The number of aryl methyl sites for hydroxylation is 3. The molecule has 96 valence electrons. The van der Waals surface area contributed by atoms with Crippen LogP contribution in [0.15, 0.2) is 28.1 Å². The van der Waals surface area contributed by atoms with Gasteiger partial charge in [0.25, 0.3) is 0 Å². The van der Waals surface area contributed by atoms with Gasteiger partial charge in [0.05, 0.1) is 0 Å². The summed E-state index contributed by atoms with van der Waals surface area (Å²) in [7, 11) is 0. The maximum absolute atomic E-state index is 6.31. The molecular weight excluding hydrogens is 306 g/mol. The fraction of sp³-hybridized carbons (Fsp3) is 0.333. The zero-order valence-corrected chi connectivity index (χ0v) is 13.4. The highest BCUT2D eigenvalue weighted by molar-refractivity contribution is 9.10. The lowest BCUT2D eigenvalue weighted by molar-refractivity contribution is 0.729. The molecule has 2 rings (SSSR count). The molecule has 0 fully saturated rings. The molecule has 0 saturated carbocycles. The molecule has 1 atom stereocenters. The van der Waals surface area contributed by atoms with Gasteiger partial charge in [-0.1, -0.05) is 17.7 Å². The van der Waals surface area contributed by atoms with E-state index in [1.165, 1.54) is 27.1 Å². The highest BCUT2D eigenvalue weighted by Gasteiger charge is 2.13. The van der Waals surface area contributed by atoms with E-state index in [-0.39, 0.29) is 6.04 Å². The lowest BCUT2D eigenvalue weighted by Crippen LogP contribution is -2.13. The number of halogens is 1. The maximum atomic E-state index is 6.31. The minimum Gasteiger partial charge on any atom is -0.323 e. The molecule has 0 bridgehead atoms. The number of nitrogens with two attached hydrogens (primary N) is 1. The molecule has 2 aromatic rings. The van der Waals surface area contributed by atoms with Crippen LogP contribution in [-0.4, -0.2) is 0 Å². The number of hydrogen-bond donors (Lipinski definition) is 1. The lowest BCUT2D eigenvalue weighted by atomic mass is 9.94. The molecule has 1 aromatic heterocycles. The first-order chi connectivity index (χ1) is 8.47. The zero-order valence-electron chi connectivity index (χ0n) is 11.0. The van der Waals surface area contributed by atoms with Crippen LogP contribution in [0.3, 0.4) is 0 Å². The first kappa shape index (κ1) is 13.8. The molecule has 0 radical (unpaired) electrons. The van der Waals surface area contributed by atoms with Crippen molar-refractivity contribution in [1.82, 2.24) is 0 Å². The monoisotopic (exact) mass is 323 g/mol. The number of benzene rings is 1. The van der Waals surface area contributed by atoms with Crippen LogP contribution in [0.25, 0.3) is 0 Å². The molecule has 0 aliphatic carbocycles. The van der Waals surface area contributed by atoms with Crippen LogP contribution < -0.4 is 5.73 Å². The van der Waals surface area contributed by atoms with Crippen LogP contribution in [0, 0.1) is 20.8 Å². The van der Waals surface area contributed by atoms with Crippen molar-refractivity contribution in [1.29, 1.82) is 0 Å². The van der Waals surface area contributed by atoms with Crippen LogP contribution in [0.1, 0.15) is 33.2 Å². The van der Waals surface area contributed by atoms with Crippen LogP contribution >= 0.6 is 27.3 Å². The van der Waals surface area contributed by atoms with Crippen molar-refractivity contribution in [2.24, 2.45) is 5.73 Å². The highest BCUT2D eigenvalue weighted by atomic mass is 79.9. The summed E-state index contributed by atoms with van der Waals surface area (Å²) in [6, 6.07) is 6.67. The SMILES string of the molecule is Cc1cc(C)c(CC(N)c2cc(Br)cs2)c(C)c1. The first-order valence-electron chi connectivity index (χ1n) is 6.03. The summed E-state index contributed by atoms with van der Waals surface area (Å²) in [4.78, 5) is 1.24. The molecule has 18 heavy (non-hydrogen) atoms. The molecule has 3 heteroatoms. The second-order valence-electron chi connectivity index (χ2n) is 4.86. The van der Waals surface area contributed by atoms with Crippen molar-refractivity contribution in [2.75, 3.05) is 0 Å². The summed E-state index contributed by atoms with van der Waals surface area (Å²) < 4.78 is 1.12. The summed E-state index contributed by atoms with van der Waals surface area (Å²) in [6.45, 7) is 6.48. The van der Waals surface area contributed by atoms with Gasteiger partial charge < -0.3 is 5.73 Å². The second kappa shape index (κ2) is 5.55. The molecular formula is C15H18BrNS. The molecule has 0 aliphatic heterocycles. The molecule has 0 aliphatic rings. The largest absolute Gasteiger partial charge is 0.323 e. The number of hydrogen-bond acceptors (Lipinski definition) is 2. The van der Waals surface area contributed by atoms with Gasteiger partial charge in [0.2, 0.25) is 0 Å². The Hall–Kier alpha value is -0.640. The van der Waals surface area contributed by atoms with E-state index >= 15 is 0 Å². The van der Waals surface area contributed by atoms with Gasteiger partial charge in [0.15, 0.2) is 0 Å². The van der Waals surface area contributed by atoms with Gasteiger partial charge >= 0.3 is 0 Å². The second-order valence-corrected chi connectivity index (χ2v) is 6.71. The molecule has 1 heterocycles. The fourth-order valence-corrected chi connectivity index (χ4v) is 3.82. The van der Waals surface area contributed by atoms with Crippen molar-refractivity contribution in [2.45, 2.75) is 33.2 Å². The van der Waals surface area contributed by atoms with Gasteiger partial charge in [-0.25, -0.2) is 0 Å². The van der Waals surface area contributed by atoms with Crippen molar-refractivity contribution < 1.29 is 0 Å². The standard InChI is InChI=1S/C15H18BrNS/c1-9-4-10(2)13(11(3)5-9)7-14(17)15-6-12(16)8-18-15/h4-6,8,14H,7,17H2,1-3H3. The topological polar surface area (TPSA) is 26.0 Å². The predicted octanol–water partition coefficient (Wildman–Crippen LogP) is 4.68. The molecule has 0 saturated heterocycles. The number of thiophene rings is 1. The van der Waals surface area contributed by atoms with Crippen LogP contribution in [0.4, 0.5) is 0 Å². The minimum absolute atomic E-state index is 0.0846. The first-order valence-corrected chi connectivity index (χ1v) is 7.71. The van der Waals surface area contributed by atoms with Crippen molar-refractivity contribution in [3.8, 4) is 0 Å². The Bertz CT molecular complexity index is 536. The summed E-state index contributed by atoms with van der Waals surface area (Å²) in [5, 5.41) is 2.09. The third kappa shape index (κ3) is 3.02. The van der Waals surface area contributed by atoms with Gasteiger partial charge in [-0.3, -0.25) is 0 Å². The Kier molecular flexibility index (Phi) is 4.25. The van der Waals surface area contributed by atoms with Crippen molar-refractivity contribution >= 4 is 27.3 Å². The van der Waals surface area contributed by atoms with Gasteiger partial charge in [0.1, 0.15) is 0 Å². The van der Waals surface area contributed by atoms with E-state index in [0.717, 1.165) is 10.9 Å². The van der Waals surface area contributed by atoms with E-state index < -0.39 is 0 Å². The summed E-state index contributed by atoms with van der Waals surface area (Å²) in [6.07, 6.45) is 0.908. The Morgan fingerprint density at radius 2 is 1.78 bits per heavy atom. The Morgan fingerprint density at radius 1 is 1.17 bits per heavy atom. The molecule has 2 N–H and O–H groups in total. The summed E-state index contributed by atoms with van der Waals surface area (Å²) in [5.41, 5.74) is 11.7. The maximum Gasteiger partial charge on any atom is 0.0431 e. The predicted molar refractivity (Wildman–Crippen MR) is 83.3 cm³/mol. The third-order valence-corrected chi connectivity index (χ3v) is 5.04. The molecule has 0 amide bonds. The van der Waals surface area contributed by atoms with Gasteiger partial charge in [0, 0.05) is 20.8 Å². The van der Waals surface area contributed by atoms with Crippen LogP contribution in [0.2, 0.25) is 0 Å². The highest BCUT2D eigenvalue weighted by Crippen LogP contribution is 2.28. The van der Waals surface area contributed by atoms with Gasteiger partial charge in [-0.05, 0) is 65.9 Å². The smallest absolute Gasteiger partial charge is 0.0431 e. The molecule has 1 unspecified atom stereocenters. The quantitative estimate of drug-likeness (QED) is 0.872. The van der Waals surface area contributed by atoms with Crippen LogP contribution in [-0.2, 0) is 6.42 Å². The van der Waals surface area contributed by atoms with E-state index in [1.807, 2.05) is 0 Å². The van der Waals surface area contributed by atoms with E-state index in [1.54, 1.807) is 11.3 Å². The van der Waals surface area contributed by atoms with Gasteiger partial charge in [-0.2, -0.15) is 0 Å². The Balaban J connectivity index is 2.24.